The van der Waals surface area contributed by atoms with Crippen molar-refractivity contribution in [1.82, 2.24) is 5.32 Å². The SMILES string of the molecule is COC(=O)C(Cc1ccc(C2(C(F)(F)F)N=N2)cc1)NC(=O)C(CC(C)(C)C)OC. The Labute approximate surface area is 173 Å². The average Bonchev–Trinajstić information content (AvgIpc) is 3.46. The molecule has 30 heavy (non-hydrogen) atoms. The lowest BCUT2D eigenvalue weighted by Crippen LogP contribution is -2.48. The zero-order chi connectivity index (χ0) is 22.7. The second-order valence-corrected chi connectivity index (χ2v) is 8.34. The molecule has 1 amide bonds. The van der Waals surface area contributed by atoms with Crippen molar-refractivity contribution in [3.8, 4) is 0 Å². The number of carbonyl (C=O) groups excluding carboxylic acids is 2. The number of rotatable bonds is 8. The molecule has 0 saturated carbocycles. The van der Waals surface area contributed by atoms with Crippen molar-refractivity contribution in [3.63, 3.8) is 0 Å². The molecule has 0 aromatic heterocycles. The van der Waals surface area contributed by atoms with Crippen LogP contribution in [0.15, 0.2) is 34.5 Å². The third-order valence-electron chi connectivity index (χ3n) is 4.67. The highest BCUT2D eigenvalue weighted by molar-refractivity contribution is 5.87. The van der Waals surface area contributed by atoms with Gasteiger partial charge in [-0.2, -0.15) is 13.2 Å². The normalized spacial score (nSPS) is 17.2. The van der Waals surface area contributed by atoms with Gasteiger partial charge in [0.15, 0.2) is 0 Å². The molecule has 7 nitrogen and oxygen atoms in total. The fourth-order valence-electron chi connectivity index (χ4n) is 2.99. The smallest absolute Gasteiger partial charge is 0.442 e. The quantitative estimate of drug-likeness (QED) is 0.641. The first-order chi connectivity index (χ1) is 13.8. The Morgan fingerprint density at radius 3 is 2.07 bits per heavy atom. The van der Waals surface area contributed by atoms with Crippen LogP contribution in [0.25, 0.3) is 0 Å². The Bertz CT molecular complexity index is 795. The van der Waals surface area contributed by atoms with Gasteiger partial charge in [-0.1, -0.05) is 45.0 Å². The van der Waals surface area contributed by atoms with Crippen LogP contribution in [0.2, 0.25) is 0 Å². The first-order valence-corrected chi connectivity index (χ1v) is 9.34. The van der Waals surface area contributed by atoms with Crippen LogP contribution < -0.4 is 5.32 Å². The summed E-state index contributed by atoms with van der Waals surface area (Å²) in [6.45, 7) is 5.87. The molecule has 0 saturated heterocycles. The number of ether oxygens (including phenoxy) is 2. The molecule has 2 unspecified atom stereocenters. The molecule has 0 fully saturated rings. The van der Waals surface area contributed by atoms with E-state index in [1.807, 2.05) is 20.8 Å². The van der Waals surface area contributed by atoms with Gasteiger partial charge in [-0.15, -0.1) is 10.2 Å². The predicted molar refractivity (Wildman–Crippen MR) is 102 cm³/mol. The van der Waals surface area contributed by atoms with Gasteiger partial charge < -0.3 is 14.8 Å². The minimum Gasteiger partial charge on any atom is -0.467 e. The average molecular weight is 429 g/mol. The van der Waals surface area contributed by atoms with Crippen LogP contribution in [0.5, 0.6) is 0 Å². The van der Waals surface area contributed by atoms with Crippen molar-refractivity contribution in [3.05, 3.63) is 35.4 Å². The Morgan fingerprint density at radius 2 is 1.67 bits per heavy atom. The molecular formula is C20H26F3N3O4. The Hall–Kier alpha value is -2.49. The summed E-state index contributed by atoms with van der Waals surface area (Å²) in [7, 11) is 2.60. The van der Waals surface area contributed by atoms with Gasteiger partial charge >= 0.3 is 17.8 Å². The number of esters is 1. The van der Waals surface area contributed by atoms with Crippen molar-refractivity contribution in [1.29, 1.82) is 0 Å². The molecule has 0 radical (unpaired) electrons. The van der Waals surface area contributed by atoms with Crippen LogP contribution in [0, 0.1) is 5.41 Å². The molecule has 1 aromatic carbocycles. The maximum Gasteiger partial charge on any atom is 0.442 e. The number of halogens is 3. The monoisotopic (exact) mass is 429 g/mol. The molecular weight excluding hydrogens is 403 g/mol. The third-order valence-corrected chi connectivity index (χ3v) is 4.67. The topological polar surface area (TPSA) is 89.4 Å². The molecule has 0 bridgehead atoms. The molecule has 10 heteroatoms. The number of amides is 1. The summed E-state index contributed by atoms with van der Waals surface area (Å²) in [4.78, 5) is 24.7. The first kappa shape index (κ1) is 23.8. The zero-order valence-corrected chi connectivity index (χ0v) is 17.5. The minimum absolute atomic E-state index is 0.0396. The summed E-state index contributed by atoms with van der Waals surface area (Å²) < 4.78 is 49.3. The Kier molecular flexibility index (Phi) is 6.90. The molecule has 1 heterocycles. The van der Waals surface area contributed by atoms with Gasteiger partial charge in [0.05, 0.1) is 7.11 Å². The number of methoxy groups -OCH3 is 2. The van der Waals surface area contributed by atoms with Crippen LogP contribution in [0.4, 0.5) is 13.2 Å². The summed E-state index contributed by atoms with van der Waals surface area (Å²) in [6.07, 6.45) is -4.90. The van der Waals surface area contributed by atoms with E-state index < -0.39 is 35.9 Å². The van der Waals surface area contributed by atoms with Crippen LogP contribution in [-0.4, -0.2) is 44.4 Å². The van der Waals surface area contributed by atoms with Crippen LogP contribution in [-0.2, 0) is 31.1 Å². The van der Waals surface area contributed by atoms with Crippen molar-refractivity contribution < 1.29 is 32.2 Å². The van der Waals surface area contributed by atoms with E-state index in [1.54, 1.807) is 0 Å². The molecule has 166 valence electrons. The zero-order valence-electron chi connectivity index (χ0n) is 17.5. The number of alkyl halides is 3. The Morgan fingerprint density at radius 1 is 1.10 bits per heavy atom. The number of carbonyl (C=O) groups is 2. The number of nitrogens with one attached hydrogen (secondary N) is 1. The lowest BCUT2D eigenvalue weighted by Gasteiger charge is -2.26. The van der Waals surface area contributed by atoms with E-state index in [4.69, 9.17) is 9.47 Å². The lowest BCUT2D eigenvalue weighted by molar-refractivity contribution is -0.166. The number of benzene rings is 1. The van der Waals surface area contributed by atoms with E-state index >= 15 is 0 Å². The second kappa shape index (κ2) is 8.71. The van der Waals surface area contributed by atoms with Gasteiger partial charge in [0.1, 0.15) is 12.1 Å². The Balaban J connectivity index is 2.12. The van der Waals surface area contributed by atoms with Crippen molar-refractivity contribution in [2.75, 3.05) is 14.2 Å². The van der Waals surface area contributed by atoms with Gasteiger partial charge in [0, 0.05) is 19.1 Å². The number of hydrogen-bond donors (Lipinski definition) is 1. The molecule has 1 aromatic rings. The van der Waals surface area contributed by atoms with E-state index in [9.17, 15) is 22.8 Å². The van der Waals surface area contributed by atoms with Gasteiger partial charge in [0.2, 0.25) is 5.91 Å². The largest absolute Gasteiger partial charge is 0.467 e. The summed E-state index contributed by atoms with van der Waals surface area (Å²) >= 11 is 0. The van der Waals surface area contributed by atoms with Crippen molar-refractivity contribution in [2.24, 2.45) is 15.6 Å². The molecule has 2 rings (SSSR count). The first-order valence-electron chi connectivity index (χ1n) is 9.34. The highest BCUT2D eigenvalue weighted by atomic mass is 19.4. The van der Waals surface area contributed by atoms with Crippen molar-refractivity contribution >= 4 is 11.9 Å². The van der Waals surface area contributed by atoms with Gasteiger partial charge in [-0.05, 0) is 17.4 Å². The van der Waals surface area contributed by atoms with Gasteiger partial charge in [0.25, 0.3) is 0 Å². The van der Waals surface area contributed by atoms with Crippen molar-refractivity contribution in [2.45, 2.75) is 57.6 Å². The van der Waals surface area contributed by atoms with E-state index in [2.05, 4.69) is 15.5 Å². The number of hydrogen-bond acceptors (Lipinski definition) is 6. The molecule has 0 spiro atoms. The van der Waals surface area contributed by atoms with Gasteiger partial charge in [-0.25, -0.2) is 4.79 Å². The predicted octanol–water partition coefficient (Wildman–Crippen LogP) is 3.52. The van der Waals surface area contributed by atoms with Gasteiger partial charge in [-0.3, -0.25) is 4.79 Å². The third kappa shape index (κ3) is 5.56. The fraction of sp³-hybridized carbons (Fsp3) is 0.600. The van der Waals surface area contributed by atoms with E-state index in [0.29, 0.717) is 12.0 Å². The summed E-state index contributed by atoms with van der Waals surface area (Å²) in [6, 6.07) is 4.39. The molecule has 0 aliphatic carbocycles. The van der Waals surface area contributed by atoms with Crippen LogP contribution in [0.1, 0.15) is 38.3 Å². The molecule has 1 aliphatic heterocycles. The van der Waals surface area contributed by atoms with E-state index in [1.165, 1.54) is 38.5 Å². The van der Waals surface area contributed by atoms with E-state index in [-0.39, 0.29) is 17.4 Å². The highest BCUT2D eigenvalue weighted by Crippen LogP contribution is 2.52. The van der Waals surface area contributed by atoms with Crippen LogP contribution >= 0.6 is 0 Å². The lowest BCUT2D eigenvalue weighted by atomic mass is 9.88. The molecule has 2 atom stereocenters. The second-order valence-electron chi connectivity index (χ2n) is 8.34. The van der Waals surface area contributed by atoms with E-state index in [0.717, 1.165) is 0 Å². The fourth-order valence-corrected chi connectivity index (χ4v) is 2.99. The standard InChI is InChI=1S/C20H26F3N3O4/c1-18(2,3)11-15(29-4)16(27)24-14(17(28)30-5)10-12-6-8-13(9-7-12)19(25-26-19)20(21,22)23/h6-9,14-15H,10-11H2,1-5H3,(H,24,27). The minimum atomic E-state index is -4.61. The number of nitrogens with zero attached hydrogens (tertiary/aromatic N) is 2. The summed E-state index contributed by atoms with van der Waals surface area (Å²) in [5.41, 5.74) is -2.25. The highest BCUT2D eigenvalue weighted by Gasteiger charge is 2.65. The maximum absolute atomic E-state index is 13.1. The maximum atomic E-state index is 13.1. The summed E-state index contributed by atoms with van der Waals surface area (Å²) in [5, 5.41) is 8.94. The molecule has 1 aliphatic rings. The molecule has 1 N–H and O–H groups in total. The van der Waals surface area contributed by atoms with Crippen LogP contribution in [0.3, 0.4) is 0 Å². The summed E-state index contributed by atoms with van der Waals surface area (Å²) in [5.74, 6) is -1.14.